The third-order valence-corrected chi connectivity index (χ3v) is 1.83. The Morgan fingerprint density at radius 1 is 1.38 bits per heavy atom. The van der Waals surface area contributed by atoms with E-state index in [2.05, 4.69) is 5.32 Å². The number of aliphatic hydroxyl groups excluding tert-OH is 1. The minimum absolute atomic E-state index is 0.750. The predicted octanol–water partition coefficient (Wildman–Crippen LogP) is -2.00. The Labute approximate surface area is 91.8 Å². The summed E-state index contributed by atoms with van der Waals surface area (Å²) in [6.07, 6.45) is 0. The molecule has 0 heterocycles. The van der Waals surface area contributed by atoms with Crippen LogP contribution in [0.2, 0.25) is 0 Å². The molecule has 0 aliphatic heterocycles. The number of urea groups is 1. The average molecular weight is 233 g/mol. The number of carboxylic acids is 1. The van der Waals surface area contributed by atoms with Gasteiger partial charge in [0, 0.05) is 0 Å². The zero-order valence-electron chi connectivity index (χ0n) is 8.98. The minimum atomic E-state index is -1.43. The van der Waals surface area contributed by atoms with E-state index in [1.807, 2.05) is 5.32 Å². The highest BCUT2D eigenvalue weighted by molar-refractivity contribution is 5.90. The van der Waals surface area contributed by atoms with Crippen molar-refractivity contribution < 1.29 is 24.6 Å². The number of nitrogens with two attached hydrogens (primary N) is 1. The fourth-order valence-electron chi connectivity index (χ4n) is 0.725. The van der Waals surface area contributed by atoms with Crippen LogP contribution in [0.3, 0.4) is 0 Å². The summed E-state index contributed by atoms with van der Waals surface area (Å²) in [7, 11) is 0. The molecule has 6 N–H and O–H groups in total. The van der Waals surface area contributed by atoms with Crippen molar-refractivity contribution >= 4 is 17.9 Å². The van der Waals surface area contributed by atoms with Gasteiger partial charge < -0.3 is 26.6 Å². The SMILES string of the molecule is CC(C)(NC(=O)N[C@@H](CO)C(=O)O)C(N)=O. The molecule has 0 fully saturated rings. The van der Waals surface area contributed by atoms with Crippen molar-refractivity contribution in [3.05, 3.63) is 0 Å². The number of hydrogen-bond donors (Lipinski definition) is 5. The zero-order chi connectivity index (χ0) is 12.9. The molecule has 3 amide bonds. The molecule has 0 unspecified atom stereocenters. The van der Waals surface area contributed by atoms with Crippen molar-refractivity contribution in [2.45, 2.75) is 25.4 Å². The molecule has 0 saturated carbocycles. The van der Waals surface area contributed by atoms with Crippen LogP contribution in [0.25, 0.3) is 0 Å². The maximum absolute atomic E-state index is 11.2. The third kappa shape index (κ3) is 4.13. The fourth-order valence-corrected chi connectivity index (χ4v) is 0.725. The number of hydrogen-bond acceptors (Lipinski definition) is 4. The van der Waals surface area contributed by atoms with Crippen LogP contribution in [-0.4, -0.2) is 46.3 Å². The van der Waals surface area contributed by atoms with Gasteiger partial charge in [-0.1, -0.05) is 0 Å². The van der Waals surface area contributed by atoms with E-state index in [9.17, 15) is 14.4 Å². The first kappa shape index (κ1) is 14.2. The first-order valence-electron chi connectivity index (χ1n) is 4.43. The van der Waals surface area contributed by atoms with Crippen molar-refractivity contribution in [3.8, 4) is 0 Å². The summed E-state index contributed by atoms with van der Waals surface area (Å²) >= 11 is 0. The van der Waals surface area contributed by atoms with Crippen LogP contribution in [0, 0.1) is 0 Å². The topological polar surface area (TPSA) is 142 Å². The van der Waals surface area contributed by atoms with E-state index in [-0.39, 0.29) is 0 Å². The van der Waals surface area contributed by atoms with E-state index >= 15 is 0 Å². The van der Waals surface area contributed by atoms with Gasteiger partial charge in [0.05, 0.1) is 6.61 Å². The molecular formula is C8H15N3O5. The number of carbonyl (C=O) groups excluding carboxylic acids is 2. The van der Waals surface area contributed by atoms with E-state index in [0.717, 1.165) is 0 Å². The second kappa shape index (κ2) is 5.31. The van der Waals surface area contributed by atoms with Gasteiger partial charge in [0.1, 0.15) is 5.54 Å². The second-order valence-corrected chi connectivity index (χ2v) is 3.66. The molecule has 0 aliphatic rings. The smallest absolute Gasteiger partial charge is 0.328 e. The molecule has 0 saturated heterocycles. The Hall–Kier alpha value is -1.83. The van der Waals surface area contributed by atoms with E-state index in [4.69, 9.17) is 15.9 Å². The lowest BCUT2D eigenvalue weighted by Crippen LogP contribution is -2.58. The first-order valence-corrected chi connectivity index (χ1v) is 4.43. The molecule has 0 aromatic rings. The van der Waals surface area contributed by atoms with Gasteiger partial charge >= 0.3 is 12.0 Å². The number of carbonyl (C=O) groups is 3. The molecule has 16 heavy (non-hydrogen) atoms. The molecule has 0 aromatic heterocycles. The van der Waals surface area contributed by atoms with Crippen LogP contribution in [0.4, 0.5) is 4.79 Å². The Balaban J connectivity index is 4.38. The van der Waals surface area contributed by atoms with Crippen LogP contribution < -0.4 is 16.4 Å². The molecule has 1 atom stereocenters. The largest absolute Gasteiger partial charge is 0.480 e. The molecule has 0 rings (SSSR count). The Morgan fingerprint density at radius 2 is 1.88 bits per heavy atom. The highest BCUT2D eigenvalue weighted by Crippen LogP contribution is 1.99. The molecule has 8 heteroatoms. The molecule has 8 nitrogen and oxygen atoms in total. The molecule has 0 bridgehead atoms. The van der Waals surface area contributed by atoms with Gasteiger partial charge in [0.25, 0.3) is 0 Å². The van der Waals surface area contributed by atoms with Gasteiger partial charge in [-0.25, -0.2) is 9.59 Å². The lowest BCUT2D eigenvalue weighted by molar-refractivity contribution is -0.140. The van der Waals surface area contributed by atoms with Crippen LogP contribution >= 0.6 is 0 Å². The molecule has 0 aliphatic carbocycles. The molecule has 92 valence electrons. The van der Waals surface area contributed by atoms with E-state index in [1.54, 1.807) is 0 Å². The molecule has 0 spiro atoms. The number of amides is 3. The Kier molecular flexibility index (Phi) is 4.70. The maximum Gasteiger partial charge on any atom is 0.328 e. The Morgan fingerprint density at radius 3 is 2.19 bits per heavy atom. The monoisotopic (exact) mass is 233 g/mol. The first-order chi connectivity index (χ1) is 7.20. The molecule has 0 radical (unpaired) electrons. The fraction of sp³-hybridized carbons (Fsp3) is 0.625. The van der Waals surface area contributed by atoms with Gasteiger partial charge in [-0.3, -0.25) is 4.79 Å². The Bertz CT molecular complexity index is 302. The zero-order valence-corrected chi connectivity index (χ0v) is 8.98. The normalized spacial score (nSPS) is 12.7. The molecular weight excluding hydrogens is 218 g/mol. The van der Waals surface area contributed by atoms with Crippen LogP contribution in [-0.2, 0) is 9.59 Å². The standard InChI is InChI=1S/C8H15N3O5/c1-8(2,6(9)15)11-7(16)10-4(3-12)5(13)14/h4,12H,3H2,1-2H3,(H2,9,15)(H,13,14)(H2,10,11,16)/t4-/m0/s1. The average Bonchev–Trinajstić information content (AvgIpc) is 2.12. The highest BCUT2D eigenvalue weighted by atomic mass is 16.4. The number of nitrogens with one attached hydrogen (secondary N) is 2. The lowest BCUT2D eigenvalue weighted by atomic mass is 10.1. The summed E-state index contributed by atoms with van der Waals surface area (Å²) in [6.45, 7) is 1.98. The number of aliphatic hydroxyl groups is 1. The predicted molar refractivity (Wildman–Crippen MR) is 53.5 cm³/mol. The van der Waals surface area contributed by atoms with E-state index in [0.29, 0.717) is 0 Å². The maximum atomic E-state index is 11.2. The third-order valence-electron chi connectivity index (χ3n) is 1.83. The van der Waals surface area contributed by atoms with Crippen LogP contribution in [0.5, 0.6) is 0 Å². The summed E-state index contributed by atoms with van der Waals surface area (Å²) in [6, 6.07) is -2.33. The summed E-state index contributed by atoms with van der Waals surface area (Å²) < 4.78 is 0. The lowest BCUT2D eigenvalue weighted by Gasteiger charge is -2.23. The second-order valence-electron chi connectivity index (χ2n) is 3.66. The quantitative estimate of drug-likeness (QED) is 0.373. The van der Waals surface area contributed by atoms with Crippen LogP contribution in [0.1, 0.15) is 13.8 Å². The number of primary amides is 1. The van der Waals surface area contributed by atoms with E-state index in [1.165, 1.54) is 13.8 Å². The van der Waals surface area contributed by atoms with Crippen LogP contribution in [0.15, 0.2) is 0 Å². The molecule has 0 aromatic carbocycles. The van der Waals surface area contributed by atoms with Gasteiger partial charge in [0.15, 0.2) is 6.04 Å². The number of carboxylic acid groups (broad SMARTS) is 1. The van der Waals surface area contributed by atoms with Gasteiger partial charge in [0.2, 0.25) is 5.91 Å². The highest BCUT2D eigenvalue weighted by Gasteiger charge is 2.28. The van der Waals surface area contributed by atoms with Crippen molar-refractivity contribution in [2.75, 3.05) is 6.61 Å². The van der Waals surface area contributed by atoms with Gasteiger partial charge in [-0.05, 0) is 13.8 Å². The van der Waals surface area contributed by atoms with Crippen molar-refractivity contribution in [1.82, 2.24) is 10.6 Å². The summed E-state index contributed by atoms with van der Waals surface area (Å²) in [4.78, 5) is 32.6. The van der Waals surface area contributed by atoms with Gasteiger partial charge in [-0.2, -0.15) is 0 Å². The van der Waals surface area contributed by atoms with Crippen molar-refractivity contribution in [1.29, 1.82) is 0 Å². The number of aliphatic carboxylic acids is 1. The number of rotatable bonds is 5. The summed E-state index contributed by atoms with van der Waals surface area (Å²) in [5.74, 6) is -2.15. The van der Waals surface area contributed by atoms with Crippen molar-refractivity contribution in [3.63, 3.8) is 0 Å². The van der Waals surface area contributed by atoms with Crippen molar-refractivity contribution in [2.24, 2.45) is 5.73 Å². The van der Waals surface area contributed by atoms with E-state index < -0.39 is 36.1 Å². The van der Waals surface area contributed by atoms with Gasteiger partial charge in [-0.15, -0.1) is 0 Å². The summed E-state index contributed by atoms with van der Waals surface area (Å²) in [5.41, 5.74) is 3.69. The summed E-state index contributed by atoms with van der Waals surface area (Å²) in [5, 5.41) is 21.3. The minimum Gasteiger partial charge on any atom is -0.480 e.